The Balaban J connectivity index is 1.74. The minimum atomic E-state index is -3.82. The van der Waals surface area contributed by atoms with Gasteiger partial charge >= 0.3 is 0 Å². The van der Waals surface area contributed by atoms with Crippen LogP contribution >= 0.6 is 34.8 Å². The molecule has 1 amide bonds. The van der Waals surface area contributed by atoms with Crippen LogP contribution in [0.25, 0.3) is 0 Å². The number of fused-ring (bicyclic) bond motifs is 1. The van der Waals surface area contributed by atoms with Gasteiger partial charge in [-0.2, -0.15) is 0 Å². The number of hydrogen-bond donors (Lipinski definition) is 2. The van der Waals surface area contributed by atoms with Crippen molar-refractivity contribution in [3.05, 3.63) is 92.4 Å². The van der Waals surface area contributed by atoms with E-state index in [9.17, 15) is 18.3 Å². The fraction of sp³-hybridized carbons (Fsp3) is 0.296. The van der Waals surface area contributed by atoms with Crippen LogP contribution in [-0.2, 0) is 16.3 Å². The molecule has 3 aromatic rings. The summed E-state index contributed by atoms with van der Waals surface area (Å²) < 4.78 is 27.6. The maximum Gasteiger partial charge on any atom is 0.258 e. The summed E-state index contributed by atoms with van der Waals surface area (Å²) in [6, 6.07) is 16.3. The fourth-order valence-electron chi connectivity index (χ4n) is 4.85. The standard InChI is InChI=1S/C27H26Cl3NO4S/c1-27(2,33)15-16-11-17-9-10-19(31-26(32)25-22(29)7-4-8-23(25)30)14-21(17)24(12-16)36(34,35)20-6-3-5-18(28)13-20/h3-10,13-14,16,24,33H,11-12,15H2,1-2H3,(H,31,32)/t16-,24?/m1/s1. The summed E-state index contributed by atoms with van der Waals surface area (Å²) in [7, 11) is -3.82. The Morgan fingerprint density at radius 2 is 1.69 bits per heavy atom. The molecule has 190 valence electrons. The van der Waals surface area contributed by atoms with E-state index in [4.69, 9.17) is 34.8 Å². The average Bonchev–Trinajstić information content (AvgIpc) is 2.77. The van der Waals surface area contributed by atoms with E-state index in [2.05, 4.69) is 5.32 Å². The van der Waals surface area contributed by atoms with E-state index < -0.39 is 26.6 Å². The number of nitrogens with one attached hydrogen (secondary N) is 1. The summed E-state index contributed by atoms with van der Waals surface area (Å²) >= 11 is 18.5. The first-order valence-corrected chi connectivity index (χ1v) is 14.1. The molecule has 3 aromatic carbocycles. The smallest absolute Gasteiger partial charge is 0.258 e. The number of amides is 1. The Labute approximate surface area is 226 Å². The highest BCUT2D eigenvalue weighted by atomic mass is 35.5. The van der Waals surface area contributed by atoms with Gasteiger partial charge in [-0.05, 0) is 92.6 Å². The number of carbonyl (C=O) groups excluding carboxylic acids is 1. The third kappa shape index (κ3) is 5.90. The van der Waals surface area contributed by atoms with Crippen molar-refractivity contribution in [2.75, 3.05) is 5.32 Å². The highest BCUT2D eigenvalue weighted by Gasteiger charge is 2.38. The van der Waals surface area contributed by atoms with Gasteiger partial charge < -0.3 is 10.4 Å². The Hall–Kier alpha value is -2.09. The van der Waals surface area contributed by atoms with Gasteiger partial charge in [0.1, 0.15) is 0 Å². The molecule has 0 radical (unpaired) electrons. The third-order valence-electron chi connectivity index (χ3n) is 6.28. The molecule has 1 aliphatic rings. The van der Waals surface area contributed by atoms with E-state index in [-0.39, 0.29) is 26.4 Å². The summed E-state index contributed by atoms with van der Waals surface area (Å²) in [4.78, 5) is 13.1. The van der Waals surface area contributed by atoms with Crippen molar-refractivity contribution in [1.29, 1.82) is 0 Å². The van der Waals surface area contributed by atoms with Gasteiger partial charge in [-0.25, -0.2) is 8.42 Å². The van der Waals surface area contributed by atoms with Gasteiger partial charge in [0.2, 0.25) is 0 Å². The number of carbonyl (C=O) groups is 1. The molecule has 36 heavy (non-hydrogen) atoms. The largest absolute Gasteiger partial charge is 0.390 e. The quantitative estimate of drug-likeness (QED) is 0.332. The second kappa shape index (κ2) is 10.3. The minimum Gasteiger partial charge on any atom is -0.390 e. The Morgan fingerprint density at radius 3 is 2.33 bits per heavy atom. The maximum atomic E-state index is 13.8. The van der Waals surface area contributed by atoms with Crippen LogP contribution in [0.15, 0.2) is 65.6 Å². The van der Waals surface area contributed by atoms with E-state index in [1.807, 2.05) is 6.07 Å². The summed E-state index contributed by atoms with van der Waals surface area (Å²) in [5, 5.41) is 13.1. The summed E-state index contributed by atoms with van der Waals surface area (Å²) in [6.45, 7) is 3.45. The zero-order valence-corrected chi connectivity index (χ0v) is 22.8. The van der Waals surface area contributed by atoms with Gasteiger partial charge in [-0.1, -0.05) is 53.0 Å². The first-order chi connectivity index (χ1) is 16.8. The first kappa shape index (κ1) is 27.0. The lowest BCUT2D eigenvalue weighted by atomic mass is 9.78. The van der Waals surface area contributed by atoms with Crippen LogP contribution < -0.4 is 5.32 Å². The van der Waals surface area contributed by atoms with Crippen molar-refractivity contribution in [2.24, 2.45) is 5.92 Å². The zero-order chi connectivity index (χ0) is 26.3. The van der Waals surface area contributed by atoms with Crippen LogP contribution in [0, 0.1) is 5.92 Å². The number of hydrogen-bond acceptors (Lipinski definition) is 4. The lowest BCUT2D eigenvalue weighted by molar-refractivity contribution is 0.0498. The molecule has 0 aliphatic heterocycles. The molecule has 2 atom stereocenters. The second-order valence-electron chi connectivity index (χ2n) is 9.78. The van der Waals surface area contributed by atoms with Gasteiger partial charge in [-0.3, -0.25) is 4.79 Å². The average molecular weight is 567 g/mol. The Kier molecular flexibility index (Phi) is 7.75. The highest BCUT2D eigenvalue weighted by molar-refractivity contribution is 7.91. The summed E-state index contributed by atoms with van der Waals surface area (Å²) in [5.41, 5.74) is 1.12. The van der Waals surface area contributed by atoms with E-state index in [0.29, 0.717) is 35.5 Å². The van der Waals surface area contributed by atoms with Crippen molar-refractivity contribution in [2.45, 2.75) is 48.9 Å². The Bertz CT molecular complexity index is 1400. The molecule has 9 heteroatoms. The molecule has 0 fully saturated rings. The van der Waals surface area contributed by atoms with Gasteiger partial charge in [-0.15, -0.1) is 0 Å². The van der Waals surface area contributed by atoms with Crippen LogP contribution in [-0.4, -0.2) is 25.0 Å². The number of sulfone groups is 1. The van der Waals surface area contributed by atoms with Gasteiger partial charge in [0.05, 0.1) is 31.4 Å². The number of halogens is 3. The van der Waals surface area contributed by atoms with Gasteiger partial charge in [0, 0.05) is 10.7 Å². The van der Waals surface area contributed by atoms with E-state index in [1.165, 1.54) is 12.1 Å². The van der Waals surface area contributed by atoms with Gasteiger partial charge in [0.15, 0.2) is 9.84 Å². The summed E-state index contributed by atoms with van der Waals surface area (Å²) in [5.74, 6) is -0.533. The van der Waals surface area contributed by atoms with Crippen LogP contribution in [0.1, 0.15) is 53.4 Å². The van der Waals surface area contributed by atoms with E-state index >= 15 is 0 Å². The molecule has 1 unspecified atom stereocenters. The molecule has 0 aromatic heterocycles. The molecule has 2 N–H and O–H groups in total. The minimum absolute atomic E-state index is 0.0427. The van der Waals surface area contributed by atoms with Crippen molar-refractivity contribution >= 4 is 56.2 Å². The van der Waals surface area contributed by atoms with Crippen LogP contribution in [0.5, 0.6) is 0 Å². The first-order valence-electron chi connectivity index (χ1n) is 11.5. The predicted molar refractivity (Wildman–Crippen MR) is 145 cm³/mol. The fourth-order valence-corrected chi connectivity index (χ4v) is 7.65. The molecule has 0 saturated heterocycles. The normalized spacial score (nSPS) is 17.9. The SMILES string of the molecule is CC(C)(O)C[C@@H]1Cc2ccc(NC(=O)c3c(Cl)cccc3Cl)cc2C(S(=O)(=O)c2cccc(Cl)c2)C1. The molecule has 4 rings (SSSR count). The molecule has 0 bridgehead atoms. The number of anilines is 1. The molecule has 0 heterocycles. The second-order valence-corrected chi connectivity index (χ2v) is 13.2. The molecule has 0 spiro atoms. The lowest BCUT2D eigenvalue weighted by Gasteiger charge is -2.34. The van der Waals surface area contributed by atoms with Crippen molar-refractivity contribution in [1.82, 2.24) is 0 Å². The van der Waals surface area contributed by atoms with Crippen molar-refractivity contribution < 1.29 is 18.3 Å². The van der Waals surface area contributed by atoms with Crippen LogP contribution in [0.3, 0.4) is 0 Å². The van der Waals surface area contributed by atoms with E-state index in [0.717, 1.165) is 5.56 Å². The highest BCUT2D eigenvalue weighted by Crippen LogP contribution is 2.44. The van der Waals surface area contributed by atoms with Crippen molar-refractivity contribution in [3.63, 3.8) is 0 Å². The third-order valence-corrected chi connectivity index (χ3v) is 9.26. The molecule has 1 aliphatic carbocycles. The van der Waals surface area contributed by atoms with E-state index in [1.54, 1.807) is 56.3 Å². The maximum absolute atomic E-state index is 13.8. The molecular weight excluding hydrogens is 541 g/mol. The summed E-state index contributed by atoms with van der Waals surface area (Å²) in [6.07, 6.45) is 1.41. The van der Waals surface area contributed by atoms with Gasteiger partial charge in [0.25, 0.3) is 5.91 Å². The number of aliphatic hydroxyl groups is 1. The zero-order valence-electron chi connectivity index (χ0n) is 19.8. The van der Waals surface area contributed by atoms with Crippen LogP contribution in [0.4, 0.5) is 5.69 Å². The lowest BCUT2D eigenvalue weighted by Crippen LogP contribution is -2.30. The number of benzene rings is 3. The molecule has 0 saturated carbocycles. The van der Waals surface area contributed by atoms with Crippen molar-refractivity contribution in [3.8, 4) is 0 Å². The topological polar surface area (TPSA) is 83.5 Å². The molecule has 5 nitrogen and oxygen atoms in total. The van der Waals surface area contributed by atoms with Crippen LogP contribution in [0.2, 0.25) is 15.1 Å². The monoisotopic (exact) mass is 565 g/mol. The number of rotatable bonds is 6. The predicted octanol–water partition coefficient (Wildman–Crippen LogP) is 7.14. The Morgan fingerprint density at radius 1 is 1.03 bits per heavy atom. The molecular formula is C27H26Cl3NO4S.